The van der Waals surface area contributed by atoms with Crippen LogP contribution >= 0.6 is 0 Å². The van der Waals surface area contributed by atoms with E-state index < -0.39 is 0 Å². The van der Waals surface area contributed by atoms with Crippen molar-refractivity contribution in [2.24, 2.45) is 5.92 Å². The predicted octanol–water partition coefficient (Wildman–Crippen LogP) is 2.90. The van der Waals surface area contributed by atoms with Gasteiger partial charge in [-0.3, -0.25) is 4.79 Å². The molecule has 0 bridgehead atoms. The van der Waals surface area contributed by atoms with E-state index in [-0.39, 0.29) is 18.1 Å². The number of carbonyl (C=O) groups excluding carboxylic acids is 1. The molecule has 0 spiro atoms. The van der Waals surface area contributed by atoms with Crippen LogP contribution in [0.3, 0.4) is 0 Å². The minimum absolute atomic E-state index is 0.165. The largest absolute Gasteiger partial charge is 0.465 e. The number of nitrogens with one attached hydrogen (secondary N) is 1. The predicted molar refractivity (Wildman–Crippen MR) is 80.7 cm³/mol. The molecular formula is C16H31NO3. The molecule has 1 N–H and O–H groups in total. The van der Waals surface area contributed by atoms with Gasteiger partial charge in [0.05, 0.1) is 12.7 Å². The third-order valence-electron chi connectivity index (χ3n) is 3.88. The van der Waals surface area contributed by atoms with Crippen LogP contribution in [0.1, 0.15) is 59.8 Å². The lowest BCUT2D eigenvalue weighted by Crippen LogP contribution is -2.43. The molecule has 1 aliphatic rings. The first-order valence-corrected chi connectivity index (χ1v) is 8.08. The van der Waals surface area contributed by atoms with Crippen molar-refractivity contribution in [3.8, 4) is 0 Å². The normalized spacial score (nSPS) is 24.6. The highest BCUT2D eigenvalue weighted by molar-refractivity contribution is 5.75. The van der Waals surface area contributed by atoms with Gasteiger partial charge in [0.25, 0.3) is 0 Å². The van der Waals surface area contributed by atoms with E-state index in [2.05, 4.69) is 12.2 Å². The Kier molecular flexibility index (Phi) is 8.15. The van der Waals surface area contributed by atoms with Crippen LogP contribution in [0.2, 0.25) is 0 Å². The molecule has 1 saturated carbocycles. The molecule has 0 amide bonds. The second kappa shape index (κ2) is 9.35. The van der Waals surface area contributed by atoms with Crippen molar-refractivity contribution in [1.82, 2.24) is 5.32 Å². The molecule has 0 radical (unpaired) electrons. The molecule has 4 nitrogen and oxygen atoms in total. The summed E-state index contributed by atoms with van der Waals surface area (Å²) in [5.41, 5.74) is 0. The Morgan fingerprint density at radius 1 is 1.30 bits per heavy atom. The quantitative estimate of drug-likeness (QED) is 0.697. The smallest absolute Gasteiger partial charge is 0.323 e. The molecule has 0 aromatic carbocycles. The number of ether oxygens (including phenoxy) is 2. The monoisotopic (exact) mass is 285 g/mol. The topological polar surface area (TPSA) is 47.6 Å². The van der Waals surface area contributed by atoms with Gasteiger partial charge in [0, 0.05) is 12.6 Å². The molecule has 0 aromatic rings. The molecule has 4 heteroatoms. The summed E-state index contributed by atoms with van der Waals surface area (Å²) in [5, 5.41) is 3.26. The van der Waals surface area contributed by atoms with Gasteiger partial charge < -0.3 is 14.8 Å². The van der Waals surface area contributed by atoms with E-state index in [0.717, 1.165) is 6.42 Å². The second-order valence-electron chi connectivity index (χ2n) is 6.09. The lowest BCUT2D eigenvalue weighted by atomic mass is 9.88. The molecule has 20 heavy (non-hydrogen) atoms. The number of esters is 1. The highest BCUT2D eigenvalue weighted by atomic mass is 16.5. The summed E-state index contributed by atoms with van der Waals surface area (Å²) >= 11 is 0. The maximum Gasteiger partial charge on any atom is 0.323 e. The van der Waals surface area contributed by atoms with Crippen LogP contribution in [0, 0.1) is 5.92 Å². The number of hydrogen-bond acceptors (Lipinski definition) is 4. The number of carbonyl (C=O) groups is 1. The molecule has 0 saturated heterocycles. The Hall–Kier alpha value is -0.610. The number of rotatable bonds is 8. The van der Waals surface area contributed by atoms with Gasteiger partial charge in [0.1, 0.15) is 6.04 Å². The minimum Gasteiger partial charge on any atom is -0.465 e. The Labute approximate surface area is 123 Å². The average Bonchev–Trinajstić information content (AvgIpc) is 2.39. The van der Waals surface area contributed by atoms with Crippen LogP contribution in [0.25, 0.3) is 0 Å². The highest BCUT2D eigenvalue weighted by Gasteiger charge is 2.24. The molecule has 0 aromatic heterocycles. The van der Waals surface area contributed by atoms with Gasteiger partial charge in [-0.15, -0.1) is 0 Å². The van der Waals surface area contributed by atoms with Gasteiger partial charge in [-0.2, -0.15) is 0 Å². The summed E-state index contributed by atoms with van der Waals surface area (Å²) in [6.45, 7) is 9.23. The van der Waals surface area contributed by atoms with Gasteiger partial charge in [-0.1, -0.05) is 33.6 Å². The van der Waals surface area contributed by atoms with Crippen LogP contribution in [0.5, 0.6) is 0 Å². The third kappa shape index (κ3) is 6.23. The summed E-state index contributed by atoms with van der Waals surface area (Å²) in [4.78, 5) is 11.9. The van der Waals surface area contributed by atoms with E-state index in [1.165, 1.54) is 19.3 Å². The summed E-state index contributed by atoms with van der Waals surface area (Å²) in [6, 6.07) is 0.00635. The maximum absolute atomic E-state index is 11.9. The van der Waals surface area contributed by atoms with Crippen molar-refractivity contribution in [2.45, 2.75) is 78.0 Å². The van der Waals surface area contributed by atoms with Crippen LogP contribution in [-0.4, -0.2) is 37.4 Å². The minimum atomic E-state index is -0.256. The van der Waals surface area contributed by atoms with Crippen molar-refractivity contribution >= 4 is 5.97 Å². The van der Waals surface area contributed by atoms with Gasteiger partial charge >= 0.3 is 5.97 Å². The highest BCUT2D eigenvalue weighted by Crippen LogP contribution is 2.26. The summed E-state index contributed by atoms with van der Waals surface area (Å²) in [5.74, 6) is 0.476. The van der Waals surface area contributed by atoms with Gasteiger partial charge in [-0.05, 0) is 32.1 Å². The summed E-state index contributed by atoms with van der Waals surface area (Å²) in [6.07, 6.45) is 6.05. The molecular weight excluding hydrogens is 254 g/mol. The fourth-order valence-electron chi connectivity index (χ4n) is 2.78. The van der Waals surface area contributed by atoms with Crippen molar-refractivity contribution in [3.63, 3.8) is 0 Å². The van der Waals surface area contributed by atoms with Gasteiger partial charge in [0.2, 0.25) is 0 Å². The average molecular weight is 285 g/mol. The Morgan fingerprint density at radius 2 is 2.00 bits per heavy atom. The molecule has 1 rings (SSSR count). The molecule has 1 fully saturated rings. The fourth-order valence-corrected chi connectivity index (χ4v) is 2.78. The van der Waals surface area contributed by atoms with E-state index in [1.807, 2.05) is 20.8 Å². The van der Waals surface area contributed by atoms with Gasteiger partial charge in [-0.25, -0.2) is 0 Å². The summed E-state index contributed by atoms with van der Waals surface area (Å²) in [7, 11) is 0. The molecule has 3 atom stereocenters. The van der Waals surface area contributed by atoms with Crippen molar-refractivity contribution in [1.29, 1.82) is 0 Å². The first-order valence-electron chi connectivity index (χ1n) is 8.08. The lowest BCUT2D eigenvalue weighted by Gasteiger charge is -2.29. The van der Waals surface area contributed by atoms with Gasteiger partial charge in [0.15, 0.2) is 0 Å². The zero-order valence-electron chi connectivity index (χ0n) is 13.5. The van der Waals surface area contributed by atoms with Crippen molar-refractivity contribution in [2.75, 3.05) is 13.2 Å². The van der Waals surface area contributed by atoms with Crippen LogP contribution in [0.15, 0.2) is 0 Å². The molecule has 118 valence electrons. The fraction of sp³-hybridized carbons (Fsp3) is 0.938. The zero-order chi connectivity index (χ0) is 15.0. The Bertz CT molecular complexity index is 281. The maximum atomic E-state index is 11.9. The Morgan fingerprint density at radius 3 is 2.60 bits per heavy atom. The number of hydrogen-bond donors (Lipinski definition) is 1. The van der Waals surface area contributed by atoms with Crippen LogP contribution in [0.4, 0.5) is 0 Å². The second-order valence-corrected chi connectivity index (χ2v) is 6.09. The van der Waals surface area contributed by atoms with E-state index in [4.69, 9.17) is 9.47 Å². The van der Waals surface area contributed by atoms with Crippen LogP contribution < -0.4 is 5.32 Å². The Balaban J connectivity index is 2.35. The first-order chi connectivity index (χ1) is 9.54. The van der Waals surface area contributed by atoms with Crippen LogP contribution in [-0.2, 0) is 14.3 Å². The van der Waals surface area contributed by atoms with E-state index >= 15 is 0 Å². The van der Waals surface area contributed by atoms with E-state index in [1.54, 1.807) is 0 Å². The van der Waals surface area contributed by atoms with Crippen molar-refractivity contribution in [3.05, 3.63) is 0 Å². The molecule has 3 unspecified atom stereocenters. The third-order valence-corrected chi connectivity index (χ3v) is 3.88. The lowest BCUT2D eigenvalue weighted by molar-refractivity contribution is -0.146. The molecule has 0 heterocycles. The zero-order valence-corrected chi connectivity index (χ0v) is 13.5. The van der Waals surface area contributed by atoms with E-state index in [0.29, 0.717) is 31.7 Å². The molecule has 0 aliphatic heterocycles. The SMILES string of the molecule is CCOC(=O)C(CCOC1CCCCC1C)NC(C)C. The molecule has 1 aliphatic carbocycles. The van der Waals surface area contributed by atoms with E-state index in [9.17, 15) is 4.79 Å². The standard InChI is InChI=1S/C16H31NO3/c1-5-19-16(18)14(17-12(2)3)10-11-20-15-9-7-6-8-13(15)4/h12-15,17H,5-11H2,1-4H3. The first kappa shape index (κ1) is 17.4. The van der Waals surface area contributed by atoms with Crippen molar-refractivity contribution < 1.29 is 14.3 Å². The summed E-state index contributed by atoms with van der Waals surface area (Å²) < 4.78 is 11.1.